The van der Waals surface area contributed by atoms with Crippen molar-refractivity contribution in [3.63, 3.8) is 0 Å². The third-order valence-corrected chi connectivity index (χ3v) is 5.81. The lowest BCUT2D eigenvalue weighted by Crippen LogP contribution is -2.41. The van der Waals surface area contributed by atoms with Gasteiger partial charge in [0.25, 0.3) is 0 Å². The SMILES string of the molecule is Cc1ccc(NC(=O)NC(=O)CN(C)[C@H](C)c2nc3ccccc3s2)c(C)c1. The minimum Gasteiger partial charge on any atom is -0.307 e. The molecule has 0 aliphatic carbocycles. The molecule has 1 atom stereocenters. The second-order valence-corrected chi connectivity index (χ2v) is 7.99. The second-order valence-electron chi connectivity index (χ2n) is 6.93. The summed E-state index contributed by atoms with van der Waals surface area (Å²) < 4.78 is 1.12. The minimum atomic E-state index is -0.530. The molecule has 146 valence electrons. The minimum absolute atomic E-state index is 0.0365. The molecule has 3 rings (SSSR count). The summed E-state index contributed by atoms with van der Waals surface area (Å²) in [5.41, 5.74) is 3.71. The Balaban J connectivity index is 1.56. The van der Waals surface area contributed by atoms with Crippen LogP contribution in [0.2, 0.25) is 0 Å². The Morgan fingerprint density at radius 1 is 1.18 bits per heavy atom. The Labute approximate surface area is 168 Å². The third-order valence-electron chi connectivity index (χ3n) is 4.61. The van der Waals surface area contributed by atoms with Crippen LogP contribution in [-0.2, 0) is 4.79 Å². The van der Waals surface area contributed by atoms with Gasteiger partial charge in [-0.2, -0.15) is 0 Å². The van der Waals surface area contributed by atoms with E-state index in [1.54, 1.807) is 11.3 Å². The Bertz CT molecular complexity index is 982. The molecule has 1 heterocycles. The van der Waals surface area contributed by atoms with Crippen LogP contribution in [0.25, 0.3) is 10.2 Å². The number of imide groups is 1. The van der Waals surface area contributed by atoms with Gasteiger partial charge in [0, 0.05) is 5.69 Å². The van der Waals surface area contributed by atoms with Crippen molar-refractivity contribution in [2.75, 3.05) is 18.9 Å². The van der Waals surface area contributed by atoms with E-state index >= 15 is 0 Å². The number of urea groups is 1. The quantitative estimate of drug-likeness (QED) is 0.676. The van der Waals surface area contributed by atoms with E-state index in [9.17, 15) is 9.59 Å². The number of carbonyl (C=O) groups excluding carboxylic acids is 2. The van der Waals surface area contributed by atoms with E-state index < -0.39 is 6.03 Å². The fraction of sp³-hybridized carbons (Fsp3) is 0.286. The predicted octanol–water partition coefficient (Wildman–Crippen LogP) is 4.25. The molecule has 6 nitrogen and oxygen atoms in total. The highest BCUT2D eigenvalue weighted by Crippen LogP contribution is 2.28. The molecule has 2 aromatic carbocycles. The van der Waals surface area contributed by atoms with E-state index in [0.717, 1.165) is 26.4 Å². The van der Waals surface area contributed by atoms with Crippen LogP contribution in [-0.4, -0.2) is 35.4 Å². The van der Waals surface area contributed by atoms with Crippen LogP contribution < -0.4 is 10.6 Å². The van der Waals surface area contributed by atoms with Crippen molar-refractivity contribution >= 4 is 39.2 Å². The fourth-order valence-electron chi connectivity index (χ4n) is 2.89. The van der Waals surface area contributed by atoms with E-state index in [1.807, 2.05) is 75.2 Å². The number of aryl methyl sites for hydroxylation is 2. The number of likely N-dealkylation sites (N-methyl/N-ethyl adjacent to an activating group) is 1. The van der Waals surface area contributed by atoms with Gasteiger partial charge in [-0.3, -0.25) is 15.0 Å². The van der Waals surface area contributed by atoms with E-state index in [4.69, 9.17) is 0 Å². The molecule has 0 unspecified atom stereocenters. The van der Waals surface area contributed by atoms with Gasteiger partial charge in [0.2, 0.25) is 5.91 Å². The summed E-state index contributed by atoms with van der Waals surface area (Å²) in [6.45, 7) is 6.00. The summed E-state index contributed by atoms with van der Waals surface area (Å²) in [7, 11) is 1.85. The summed E-state index contributed by atoms with van der Waals surface area (Å²) >= 11 is 1.62. The van der Waals surface area contributed by atoms with Crippen LogP contribution in [0.1, 0.15) is 29.1 Å². The molecule has 1 aromatic heterocycles. The number of para-hydroxylation sites is 1. The van der Waals surface area contributed by atoms with Crippen molar-refractivity contribution in [3.05, 3.63) is 58.6 Å². The molecule has 3 aromatic rings. The number of amides is 3. The average molecular weight is 397 g/mol. The first kappa shape index (κ1) is 20.0. The molecule has 0 spiro atoms. The van der Waals surface area contributed by atoms with E-state index in [1.165, 1.54) is 0 Å². The maximum Gasteiger partial charge on any atom is 0.325 e. The van der Waals surface area contributed by atoms with Crippen molar-refractivity contribution in [2.24, 2.45) is 0 Å². The van der Waals surface area contributed by atoms with Gasteiger partial charge >= 0.3 is 6.03 Å². The molecule has 28 heavy (non-hydrogen) atoms. The Morgan fingerprint density at radius 3 is 2.64 bits per heavy atom. The van der Waals surface area contributed by atoms with Crippen molar-refractivity contribution in [1.29, 1.82) is 0 Å². The first-order valence-electron chi connectivity index (χ1n) is 9.07. The summed E-state index contributed by atoms with van der Waals surface area (Å²) in [5, 5.41) is 6.05. The molecule has 0 radical (unpaired) electrons. The normalized spacial score (nSPS) is 12.2. The number of benzene rings is 2. The van der Waals surface area contributed by atoms with E-state index in [-0.39, 0.29) is 18.5 Å². The topological polar surface area (TPSA) is 74.3 Å². The number of aromatic nitrogens is 1. The highest BCUT2D eigenvalue weighted by molar-refractivity contribution is 7.18. The van der Waals surface area contributed by atoms with Gasteiger partial charge < -0.3 is 5.32 Å². The van der Waals surface area contributed by atoms with Crippen LogP contribution in [0.4, 0.5) is 10.5 Å². The van der Waals surface area contributed by atoms with Gasteiger partial charge in [-0.1, -0.05) is 29.8 Å². The van der Waals surface area contributed by atoms with Crippen LogP contribution >= 0.6 is 11.3 Å². The van der Waals surface area contributed by atoms with E-state index in [2.05, 4.69) is 15.6 Å². The molecule has 0 saturated carbocycles. The summed E-state index contributed by atoms with van der Waals surface area (Å²) in [4.78, 5) is 30.9. The number of hydrogen-bond acceptors (Lipinski definition) is 5. The molecule has 0 fully saturated rings. The molecule has 7 heteroatoms. The van der Waals surface area contributed by atoms with Crippen LogP contribution in [0.15, 0.2) is 42.5 Å². The number of fused-ring (bicyclic) bond motifs is 1. The molecule has 0 aliphatic heterocycles. The average Bonchev–Trinajstić information content (AvgIpc) is 3.07. The fourth-order valence-corrected chi connectivity index (χ4v) is 3.98. The molecule has 3 amide bonds. The standard InChI is InChI=1S/C21H24N4O2S/c1-13-9-10-16(14(2)11-13)23-21(27)24-19(26)12-25(4)15(3)20-22-17-7-5-6-8-18(17)28-20/h5-11,15H,12H2,1-4H3,(H2,23,24,26,27)/t15-/m1/s1. The third kappa shape index (κ3) is 4.74. The number of nitrogens with one attached hydrogen (secondary N) is 2. The zero-order valence-corrected chi connectivity index (χ0v) is 17.3. The van der Waals surface area contributed by atoms with Gasteiger partial charge in [-0.05, 0) is 51.6 Å². The first-order chi connectivity index (χ1) is 13.3. The highest BCUT2D eigenvalue weighted by Gasteiger charge is 2.19. The van der Waals surface area contributed by atoms with Crippen LogP contribution in [0, 0.1) is 13.8 Å². The lowest BCUT2D eigenvalue weighted by molar-refractivity contribution is -0.121. The maximum atomic E-state index is 12.3. The van der Waals surface area contributed by atoms with Crippen molar-refractivity contribution in [2.45, 2.75) is 26.8 Å². The number of anilines is 1. The number of carbonyl (C=O) groups is 2. The van der Waals surface area contributed by atoms with Gasteiger partial charge in [-0.15, -0.1) is 11.3 Å². The number of thiazole rings is 1. The van der Waals surface area contributed by atoms with Gasteiger partial charge in [0.15, 0.2) is 0 Å². The van der Waals surface area contributed by atoms with Gasteiger partial charge in [0.1, 0.15) is 5.01 Å². The summed E-state index contributed by atoms with van der Waals surface area (Å²) in [6.07, 6.45) is 0. The lowest BCUT2D eigenvalue weighted by atomic mass is 10.1. The van der Waals surface area contributed by atoms with Crippen molar-refractivity contribution < 1.29 is 9.59 Å². The lowest BCUT2D eigenvalue weighted by Gasteiger charge is -2.22. The van der Waals surface area contributed by atoms with Gasteiger partial charge in [-0.25, -0.2) is 9.78 Å². The molecular formula is C21H24N4O2S. The van der Waals surface area contributed by atoms with E-state index in [0.29, 0.717) is 5.69 Å². The molecule has 0 bridgehead atoms. The Kier molecular flexibility index (Phi) is 6.06. The van der Waals surface area contributed by atoms with Crippen LogP contribution in [0.3, 0.4) is 0 Å². The largest absolute Gasteiger partial charge is 0.325 e. The second kappa shape index (κ2) is 8.50. The number of hydrogen-bond donors (Lipinski definition) is 2. The predicted molar refractivity (Wildman–Crippen MR) is 114 cm³/mol. The summed E-state index contributed by atoms with van der Waals surface area (Å²) in [5.74, 6) is -0.363. The number of nitrogens with zero attached hydrogens (tertiary/aromatic N) is 2. The number of rotatable bonds is 5. The van der Waals surface area contributed by atoms with Gasteiger partial charge in [0.05, 0.1) is 22.8 Å². The zero-order chi connectivity index (χ0) is 20.3. The van der Waals surface area contributed by atoms with Crippen LogP contribution in [0.5, 0.6) is 0 Å². The van der Waals surface area contributed by atoms with Crippen molar-refractivity contribution in [1.82, 2.24) is 15.2 Å². The molecule has 0 aliphatic rings. The molecule has 0 saturated heterocycles. The Hall–Kier alpha value is -2.77. The zero-order valence-electron chi connectivity index (χ0n) is 16.4. The maximum absolute atomic E-state index is 12.3. The molecular weight excluding hydrogens is 372 g/mol. The monoisotopic (exact) mass is 396 g/mol. The highest BCUT2D eigenvalue weighted by atomic mass is 32.1. The smallest absolute Gasteiger partial charge is 0.307 e. The summed E-state index contributed by atoms with van der Waals surface area (Å²) in [6, 6.07) is 13.1. The first-order valence-corrected chi connectivity index (χ1v) is 9.89. The van der Waals surface area contributed by atoms with Crippen molar-refractivity contribution in [3.8, 4) is 0 Å². The Morgan fingerprint density at radius 2 is 1.93 bits per heavy atom. The molecule has 2 N–H and O–H groups in total.